The fourth-order valence-electron chi connectivity index (χ4n) is 7.69. The van der Waals surface area contributed by atoms with E-state index in [-0.39, 0.29) is 42.3 Å². The third kappa shape index (κ3) is 3.00. The molecule has 4 aliphatic carbocycles. The lowest BCUT2D eigenvalue weighted by Crippen LogP contribution is -2.63. The minimum absolute atomic E-state index is 0.0298. The van der Waals surface area contributed by atoms with Crippen molar-refractivity contribution in [2.24, 2.45) is 34.5 Å². The Hall–Kier alpha value is -1.83. The molecule has 0 radical (unpaired) electrons. The molecule has 0 amide bonds. The Bertz CT molecular complexity index is 890. The molecule has 0 bridgehead atoms. The molecular weight excluding hydrogens is 400 g/mol. The van der Waals surface area contributed by atoms with Gasteiger partial charge in [-0.2, -0.15) is 0 Å². The normalized spacial score (nSPS) is 47.1. The number of carboxylic acids is 1. The molecule has 2 unspecified atom stereocenters. The van der Waals surface area contributed by atoms with Crippen molar-refractivity contribution in [3.8, 4) is 0 Å². The second kappa shape index (κ2) is 7.09. The predicted molar refractivity (Wildman–Crippen MR) is 111 cm³/mol. The molecule has 4 rings (SSSR count). The van der Waals surface area contributed by atoms with Crippen LogP contribution in [0.4, 0.5) is 0 Å². The average Bonchev–Trinajstić information content (AvgIpc) is 2.93. The van der Waals surface area contributed by atoms with Crippen molar-refractivity contribution in [3.05, 3.63) is 23.8 Å². The van der Waals surface area contributed by atoms with Crippen molar-refractivity contribution >= 4 is 17.5 Å². The third-order valence-electron chi connectivity index (χ3n) is 9.05. The molecule has 0 spiro atoms. The molecule has 7 heteroatoms. The standard InChI is InChI=1S/C24H32O7/c1-12-8-14-15-5-7-24(31,21(30)17(26)10-19(28)29)23(15,3)11-18(27)20(14)22(2)6-4-13(25)9-16(12)22/h4,6,9,12,14-15,17-18,20,26-27,31H,5,7-8,10-11H2,1-3H3,(H,28,29)/t12?,14-,15-,17?,18-,20+,22-,23-,24-/m0/s1. The van der Waals surface area contributed by atoms with Crippen LogP contribution in [0.5, 0.6) is 0 Å². The quantitative estimate of drug-likeness (QED) is 0.531. The number of rotatable bonds is 4. The molecule has 31 heavy (non-hydrogen) atoms. The number of carbonyl (C=O) groups excluding carboxylic acids is 2. The molecule has 4 aliphatic rings. The second-order valence-electron chi connectivity index (χ2n) is 10.6. The van der Waals surface area contributed by atoms with Gasteiger partial charge in [-0.1, -0.05) is 32.4 Å². The summed E-state index contributed by atoms with van der Waals surface area (Å²) in [6.45, 7) is 5.94. The number of ketones is 2. The number of aliphatic carboxylic acids is 1. The molecule has 0 saturated heterocycles. The molecule has 0 aliphatic heterocycles. The zero-order valence-electron chi connectivity index (χ0n) is 18.2. The Morgan fingerprint density at radius 1 is 1.29 bits per heavy atom. The molecule has 4 N–H and O–H groups in total. The van der Waals surface area contributed by atoms with Crippen LogP contribution >= 0.6 is 0 Å². The number of carboxylic acid groups (broad SMARTS) is 1. The number of aliphatic hydroxyl groups excluding tert-OH is 2. The van der Waals surface area contributed by atoms with Gasteiger partial charge in [0.05, 0.1) is 12.5 Å². The van der Waals surface area contributed by atoms with E-state index in [2.05, 4.69) is 13.8 Å². The first-order valence-electron chi connectivity index (χ1n) is 11.1. The first-order valence-corrected chi connectivity index (χ1v) is 11.1. The lowest BCUT2D eigenvalue weighted by molar-refractivity contribution is -0.185. The molecule has 3 saturated carbocycles. The summed E-state index contributed by atoms with van der Waals surface area (Å²) in [4.78, 5) is 36.0. The first-order chi connectivity index (χ1) is 14.3. The monoisotopic (exact) mass is 432 g/mol. The smallest absolute Gasteiger partial charge is 0.306 e. The van der Waals surface area contributed by atoms with E-state index in [0.717, 1.165) is 12.0 Å². The summed E-state index contributed by atoms with van der Waals surface area (Å²) in [5.41, 5.74) is -2.28. The van der Waals surface area contributed by atoms with Crippen LogP contribution in [0.3, 0.4) is 0 Å². The van der Waals surface area contributed by atoms with Gasteiger partial charge in [-0.05, 0) is 55.6 Å². The lowest BCUT2D eigenvalue weighted by atomic mass is 9.44. The number of carbonyl (C=O) groups is 3. The molecule has 0 aromatic rings. The number of fused-ring (bicyclic) bond motifs is 5. The fourth-order valence-corrected chi connectivity index (χ4v) is 7.69. The van der Waals surface area contributed by atoms with E-state index in [4.69, 9.17) is 5.11 Å². The van der Waals surface area contributed by atoms with Gasteiger partial charge in [-0.15, -0.1) is 0 Å². The number of Topliss-reactive ketones (excluding diaryl/α,β-unsaturated/α-hetero) is 1. The highest BCUT2D eigenvalue weighted by Crippen LogP contribution is 2.67. The van der Waals surface area contributed by atoms with Crippen molar-refractivity contribution in [2.45, 2.75) is 70.7 Å². The zero-order valence-corrected chi connectivity index (χ0v) is 18.2. The fraction of sp³-hybridized carbons (Fsp3) is 0.708. The number of hydrogen-bond acceptors (Lipinski definition) is 6. The van der Waals surface area contributed by atoms with Gasteiger partial charge in [0.2, 0.25) is 0 Å². The maximum Gasteiger partial charge on any atom is 0.306 e. The van der Waals surface area contributed by atoms with Crippen LogP contribution in [-0.2, 0) is 14.4 Å². The van der Waals surface area contributed by atoms with Crippen molar-refractivity contribution in [3.63, 3.8) is 0 Å². The van der Waals surface area contributed by atoms with Gasteiger partial charge >= 0.3 is 5.97 Å². The van der Waals surface area contributed by atoms with Crippen molar-refractivity contribution < 1.29 is 34.8 Å². The van der Waals surface area contributed by atoms with Gasteiger partial charge in [0, 0.05) is 16.7 Å². The topological polar surface area (TPSA) is 132 Å². The number of aliphatic hydroxyl groups is 3. The molecule has 0 aromatic heterocycles. The summed E-state index contributed by atoms with van der Waals surface area (Å²) in [5.74, 6) is -2.25. The minimum Gasteiger partial charge on any atom is -0.481 e. The van der Waals surface area contributed by atoms with Crippen LogP contribution in [-0.4, -0.2) is 55.8 Å². The number of hydrogen-bond donors (Lipinski definition) is 4. The molecular formula is C24H32O7. The summed E-state index contributed by atoms with van der Waals surface area (Å²) in [6, 6.07) is 0. The Morgan fingerprint density at radius 2 is 1.97 bits per heavy atom. The van der Waals surface area contributed by atoms with Crippen LogP contribution in [0, 0.1) is 34.5 Å². The van der Waals surface area contributed by atoms with Gasteiger partial charge in [-0.25, -0.2) is 0 Å². The molecule has 170 valence electrons. The third-order valence-corrected chi connectivity index (χ3v) is 9.05. The molecule has 3 fully saturated rings. The maximum atomic E-state index is 13.0. The highest BCUT2D eigenvalue weighted by molar-refractivity contribution is 6.01. The van der Waals surface area contributed by atoms with Crippen LogP contribution < -0.4 is 0 Å². The Kier molecular flexibility index (Phi) is 5.11. The van der Waals surface area contributed by atoms with Crippen molar-refractivity contribution in [1.29, 1.82) is 0 Å². The Morgan fingerprint density at radius 3 is 2.61 bits per heavy atom. The summed E-state index contributed by atoms with van der Waals surface area (Å²) in [6.07, 6.45) is 3.46. The predicted octanol–water partition coefficient (Wildman–Crippen LogP) is 1.65. The summed E-state index contributed by atoms with van der Waals surface area (Å²) < 4.78 is 0. The first kappa shape index (κ1) is 22.4. The van der Waals surface area contributed by atoms with Gasteiger partial charge < -0.3 is 20.4 Å². The summed E-state index contributed by atoms with van der Waals surface area (Å²) >= 11 is 0. The van der Waals surface area contributed by atoms with Gasteiger partial charge in [0.15, 0.2) is 11.6 Å². The molecule has 9 atom stereocenters. The van der Waals surface area contributed by atoms with Gasteiger partial charge in [0.1, 0.15) is 11.7 Å². The van der Waals surface area contributed by atoms with E-state index >= 15 is 0 Å². The summed E-state index contributed by atoms with van der Waals surface area (Å²) in [7, 11) is 0. The van der Waals surface area contributed by atoms with Crippen LogP contribution in [0.1, 0.15) is 52.9 Å². The minimum atomic E-state index is -1.88. The van der Waals surface area contributed by atoms with Crippen molar-refractivity contribution in [1.82, 2.24) is 0 Å². The largest absolute Gasteiger partial charge is 0.481 e. The Labute approximate surface area is 181 Å². The van der Waals surface area contributed by atoms with Crippen LogP contribution in [0.25, 0.3) is 0 Å². The van der Waals surface area contributed by atoms with E-state index in [0.29, 0.717) is 6.42 Å². The van der Waals surface area contributed by atoms with E-state index in [1.54, 1.807) is 19.1 Å². The highest BCUT2D eigenvalue weighted by Gasteiger charge is 2.69. The van der Waals surface area contributed by atoms with E-state index < -0.39 is 46.8 Å². The van der Waals surface area contributed by atoms with Crippen LogP contribution in [0.2, 0.25) is 0 Å². The Balaban J connectivity index is 1.71. The average molecular weight is 433 g/mol. The summed E-state index contributed by atoms with van der Waals surface area (Å²) in [5, 5.41) is 42.0. The molecule has 0 aromatic carbocycles. The number of allylic oxidation sites excluding steroid dienone is 4. The lowest BCUT2D eigenvalue weighted by Gasteiger charge is -2.60. The van der Waals surface area contributed by atoms with E-state index in [9.17, 15) is 29.7 Å². The van der Waals surface area contributed by atoms with E-state index in [1.165, 1.54) is 0 Å². The SMILES string of the molecule is CC1C[C@@H]2[C@H]([C@@H](O)C[C@@]3(C)[C@H]2CC[C@]3(O)C(=O)C(O)CC(=O)O)[C@@]2(C)C=CC(=O)C=C12. The second-order valence-corrected chi connectivity index (χ2v) is 10.6. The molecule has 7 nitrogen and oxygen atoms in total. The van der Waals surface area contributed by atoms with Gasteiger partial charge in [0.25, 0.3) is 0 Å². The van der Waals surface area contributed by atoms with Crippen molar-refractivity contribution in [2.75, 3.05) is 0 Å². The maximum absolute atomic E-state index is 13.0. The van der Waals surface area contributed by atoms with E-state index in [1.807, 2.05) is 6.08 Å². The van der Waals surface area contributed by atoms with Gasteiger partial charge in [-0.3, -0.25) is 14.4 Å². The van der Waals surface area contributed by atoms with Crippen LogP contribution in [0.15, 0.2) is 23.8 Å². The zero-order chi connectivity index (χ0) is 22.9. The molecule has 0 heterocycles. The highest BCUT2D eigenvalue weighted by atomic mass is 16.4.